The molecule has 0 amide bonds. The highest BCUT2D eigenvalue weighted by molar-refractivity contribution is 5.91. The number of aromatic nitrogens is 1. The Bertz CT molecular complexity index is 794. The van der Waals surface area contributed by atoms with E-state index in [0.717, 1.165) is 6.54 Å². The molecule has 1 heterocycles. The molecule has 0 bridgehead atoms. The van der Waals surface area contributed by atoms with E-state index >= 15 is 0 Å². The zero-order chi connectivity index (χ0) is 15.5. The number of allylic oxidation sites excluding steroid dienone is 1. The number of fused-ring (bicyclic) bond motifs is 1. The topological polar surface area (TPSA) is 19.0 Å². The van der Waals surface area contributed by atoms with E-state index in [1.165, 1.54) is 33.3 Å². The summed E-state index contributed by atoms with van der Waals surface area (Å²) in [4.78, 5) is 5.71. The minimum Gasteiger partial charge on any atom is -0.370 e. The summed E-state index contributed by atoms with van der Waals surface area (Å²) >= 11 is 0. The summed E-state index contributed by atoms with van der Waals surface area (Å²) in [6, 6.07) is 15.2. The first-order valence-electron chi connectivity index (χ1n) is 7.68. The van der Waals surface area contributed by atoms with Crippen LogP contribution in [0.3, 0.4) is 0 Å². The lowest BCUT2D eigenvalue weighted by atomic mass is 10.1. The molecule has 0 atom stereocenters. The van der Waals surface area contributed by atoms with Gasteiger partial charge in [0.15, 0.2) is 0 Å². The first-order chi connectivity index (χ1) is 10.7. The molecule has 0 saturated carbocycles. The van der Waals surface area contributed by atoms with Crippen molar-refractivity contribution in [3.8, 4) is 0 Å². The minimum atomic E-state index is 0.885. The van der Waals surface area contributed by atoms with Gasteiger partial charge in [0.05, 0.1) is 5.52 Å². The van der Waals surface area contributed by atoms with Crippen molar-refractivity contribution >= 4 is 22.7 Å². The molecule has 0 aliphatic carbocycles. The highest BCUT2D eigenvalue weighted by Gasteiger charge is 2.08. The minimum absolute atomic E-state index is 0.885. The molecule has 0 unspecified atom stereocenters. The van der Waals surface area contributed by atoms with Gasteiger partial charge in [-0.05, 0) is 37.1 Å². The van der Waals surface area contributed by atoms with Crippen LogP contribution in [-0.4, -0.2) is 12.0 Å². The smallest absolute Gasteiger partial charge is 0.0510 e. The lowest BCUT2D eigenvalue weighted by Crippen LogP contribution is -2.16. The van der Waals surface area contributed by atoms with Gasteiger partial charge in [0, 0.05) is 30.9 Å². The van der Waals surface area contributed by atoms with Crippen molar-refractivity contribution in [1.82, 2.24) is 4.98 Å². The summed E-state index contributed by atoms with van der Waals surface area (Å²) in [5, 5.41) is 1.29. The van der Waals surface area contributed by atoms with Crippen LogP contribution >= 0.6 is 0 Å². The molecule has 0 fully saturated rings. The van der Waals surface area contributed by atoms with E-state index in [-0.39, 0.29) is 0 Å². The van der Waals surface area contributed by atoms with Gasteiger partial charge >= 0.3 is 0 Å². The number of anilines is 1. The summed E-state index contributed by atoms with van der Waals surface area (Å²) in [5.41, 5.74) is 6.32. The Morgan fingerprint density at radius 1 is 1.09 bits per heavy atom. The third-order valence-corrected chi connectivity index (χ3v) is 4.06. The Morgan fingerprint density at radius 2 is 1.86 bits per heavy atom. The molecule has 1 aromatic heterocycles. The summed E-state index contributed by atoms with van der Waals surface area (Å²) < 4.78 is 0. The fraction of sp³-hybridized carbons (Fsp3) is 0.200. The highest BCUT2D eigenvalue weighted by atomic mass is 15.1. The predicted molar refractivity (Wildman–Crippen MR) is 96.3 cm³/mol. The summed E-state index contributed by atoms with van der Waals surface area (Å²) in [6.07, 6.45) is 6.31. The molecule has 1 N–H and O–H groups in total. The first kappa shape index (κ1) is 14.5. The van der Waals surface area contributed by atoms with Gasteiger partial charge < -0.3 is 9.88 Å². The van der Waals surface area contributed by atoms with Gasteiger partial charge in [0.25, 0.3) is 0 Å². The quantitative estimate of drug-likeness (QED) is 0.704. The van der Waals surface area contributed by atoms with E-state index in [9.17, 15) is 0 Å². The summed E-state index contributed by atoms with van der Waals surface area (Å²) in [7, 11) is 2.14. The largest absolute Gasteiger partial charge is 0.370 e. The molecule has 0 spiro atoms. The highest BCUT2D eigenvalue weighted by Crippen LogP contribution is 2.25. The SMILES string of the molecule is C/C=C/c1c[nH]c2c(CN(C)c3ccc(C)cc3)cccc12. The number of benzene rings is 2. The van der Waals surface area contributed by atoms with E-state index in [0.29, 0.717) is 0 Å². The first-order valence-corrected chi connectivity index (χ1v) is 7.68. The number of rotatable bonds is 4. The Hall–Kier alpha value is -2.48. The van der Waals surface area contributed by atoms with Crippen molar-refractivity contribution < 1.29 is 0 Å². The average molecular weight is 290 g/mol. The maximum atomic E-state index is 3.43. The Morgan fingerprint density at radius 3 is 2.59 bits per heavy atom. The number of aryl methyl sites for hydroxylation is 1. The van der Waals surface area contributed by atoms with Crippen LogP contribution in [0.1, 0.15) is 23.6 Å². The number of hydrogen-bond acceptors (Lipinski definition) is 1. The van der Waals surface area contributed by atoms with Crippen LogP contribution in [0.5, 0.6) is 0 Å². The van der Waals surface area contributed by atoms with Crippen LogP contribution in [0.25, 0.3) is 17.0 Å². The summed E-state index contributed by atoms with van der Waals surface area (Å²) in [6.45, 7) is 5.05. The second-order valence-corrected chi connectivity index (χ2v) is 5.78. The molecule has 2 nitrogen and oxygen atoms in total. The number of nitrogens with one attached hydrogen (secondary N) is 1. The van der Waals surface area contributed by atoms with Gasteiger partial charge in [0.2, 0.25) is 0 Å². The number of para-hydroxylation sites is 1. The van der Waals surface area contributed by atoms with Gasteiger partial charge in [-0.2, -0.15) is 0 Å². The lowest BCUT2D eigenvalue weighted by Gasteiger charge is -2.20. The van der Waals surface area contributed by atoms with Crippen LogP contribution in [0, 0.1) is 6.92 Å². The van der Waals surface area contributed by atoms with Gasteiger partial charge in [-0.1, -0.05) is 48.0 Å². The molecule has 0 saturated heterocycles. The lowest BCUT2D eigenvalue weighted by molar-refractivity contribution is 0.928. The van der Waals surface area contributed by atoms with Crippen LogP contribution in [0.4, 0.5) is 5.69 Å². The monoisotopic (exact) mass is 290 g/mol. The van der Waals surface area contributed by atoms with Crippen molar-refractivity contribution in [3.63, 3.8) is 0 Å². The molecule has 112 valence electrons. The molecule has 2 heteroatoms. The molecule has 2 aromatic carbocycles. The number of aromatic amines is 1. The molecule has 0 aliphatic heterocycles. The molecule has 22 heavy (non-hydrogen) atoms. The zero-order valence-corrected chi connectivity index (χ0v) is 13.4. The second-order valence-electron chi connectivity index (χ2n) is 5.78. The van der Waals surface area contributed by atoms with Gasteiger partial charge in [0.1, 0.15) is 0 Å². The third kappa shape index (κ3) is 2.77. The molecule has 3 aromatic rings. The molecule has 3 rings (SSSR count). The standard InChI is InChI=1S/C20H22N2/c1-4-6-16-13-21-20-17(7-5-8-19(16)20)14-22(3)18-11-9-15(2)10-12-18/h4-13,21H,14H2,1-3H3/b6-4+. The number of H-pyrrole nitrogens is 1. The van der Waals surface area contributed by atoms with E-state index in [2.05, 4.69) is 84.7 Å². The zero-order valence-electron chi connectivity index (χ0n) is 13.4. The van der Waals surface area contributed by atoms with Gasteiger partial charge in [-0.25, -0.2) is 0 Å². The normalized spacial score (nSPS) is 11.4. The van der Waals surface area contributed by atoms with Crippen LogP contribution in [0.15, 0.2) is 54.7 Å². The third-order valence-electron chi connectivity index (χ3n) is 4.06. The van der Waals surface area contributed by atoms with Crippen LogP contribution in [-0.2, 0) is 6.54 Å². The van der Waals surface area contributed by atoms with Crippen LogP contribution in [0.2, 0.25) is 0 Å². The van der Waals surface area contributed by atoms with Crippen molar-refractivity contribution in [1.29, 1.82) is 0 Å². The van der Waals surface area contributed by atoms with Crippen molar-refractivity contribution in [2.75, 3.05) is 11.9 Å². The van der Waals surface area contributed by atoms with Crippen molar-refractivity contribution in [2.24, 2.45) is 0 Å². The molecule has 0 radical (unpaired) electrons. The number of nitrogens with zero attached hydrogens (tertiary/aromatic N) is 1. The Labute approximate surface area is 132 Å². The van der Waals surface area contributed by atoms with Crippen molar-refractivity contribution in [3.05, 3.63) is 71.4 Å². The van der Waals surface area contributed by atoms with E-state index < -0.39 is 0 Å². The predicted octanol–water partition coefficient (Wildman–Crippen LogP) is 5.15. The molecular formula is C20H22N2. The maximum absolute atomic E-state index is 3.43. The molecular weight excluding hydrogens is 268 g/mol. The van der Waals surface area contributed by atoms with Gasteiger partial charge in [-0.15, -0.1) is 0 Å². The average Bonchev–Trinajstić information content (AvgIpc) is 2.93. The molecule has 0 aliphatic rings. The summed E-state index contributed by atoms with van der Waals surface area (Å²) in [5.74, 6) is 0. The van der Waals surface area contributed by atoms with Gasteiger partial charge in [-0.3, -0.25) is 0 Å². The maximum Gasteiger partial charge on any atom is 0.0510 e. The number of hydrogen-bond donors (Lipinski definition) is 1. The van der Waals surface area contributed by atoms with E-state index in [1.807, 2.05) is 6.92 Å². The second kappa shape index (κ2) is 6.10. The van der Waals surface area contributed by atoms with E-state index in [1.54, 1.807) is 0 Å². The van der Waals surface area contributed by atoms with Crippen LogP contribution < -0.4 is 4.90 Å². The van der Waals surface area contributed by atoms with E-state index in [4.69, 9.17) is 0 Å². The fourth-order valence-corrected chi connectivity index (χ4v) is 2.83. The Balaban J connectivity index is 1.92. The fourth-order valence-electron chi connectivity index (χ4n) is 2.83. The van der Waals surface area contributed by atoms with Crippen molar-refractivity contribution in [2.45, 2.75) is 20.4 Å². The Kier molecular flexibility index (Phi) is 4.01.